The van der Waals surface area contributed by atoms with Crippen LogP contribution in [-0.2, 0) is 23.1 Å². The lowest BCUT2D eigenvalue weighted by molar-refractivity contribution is -0.141. The maximum absolute atomic E-state index is 12.9. The van der Waals surface area contributed by atoms with Crippen LogP contribution in [0.4, 0.5) is 17.6 Å². The van der Waals surface area contributed by atoms with Crippen LogP contribution < -0.4 is 0 Å². The Balaban J connectivity index is 2.20. The Hall–Kier alpha value is -1.94. The first-order valence-electron chi connectivity index (χ1n) is 6.38. The molecule has 5 nitrogen and oxygen atoms in total. The molecule has 0 aliphatic carbocycles. The lowest BCUT2D eigenvalue weighted by atomic mass is 10.4. The summed E-state index contributed by atoms with van der Waals surface area (Å²) in [6, 6.07) is 4.16. The number of hydrogen-bond donors (Lipinski definition) is 0. The lowest BCUT2D eigenvalue weighted by Crippen LogP contribution is -2.29. The monoisotopic (exact) mass is 351 g/mol. The van der Waals surface area contributed by atoms with Gasteiger partial charge in [-0.15, -0.1) is 0 Å². The number of nitrogens with zero attached hydrogens (tertiary/aromatic N) is 3. The summed E-state index contributed by atoms with van der Waals surface area (Å²) in [5, 5.41) is 0. The third-order valence-electron chi connectivity index (χ3n) is 3.04. The second kappa shape index (κ2) is 6.28. The van der Waals surface area contributed by atoms with Crippen LogP contribution in [0, 0.1) is 5.82 Å². The van der Waals surface area contributed by atoms with Gasteiger partial charge in [-0.05, 0) is 24.3 Å². The molecule has 0 bridgehead atoms. The van der Waals surface area contributed by atoms with E-state index in [0.29, 0.717) is 0 Å². The number of imidazole rings is 1. The number of alkyl halides is 3. The average Bonchev–Trinajstić information content (AvgIpc) is 2.84. The SMILES string of the molecule is CN(Cc1nccn1CC(F)(F)F)S(=O)(=O)c1ccc(F)cc1. The van der Waals surface area contributed by atoms with E-state index in [9.17, 15) is 26.0 Å². The summed E-state index contributed by atoms with van der Waals surface area (Å²) in [5.41, 5.74) is 0. The second-order valence-electron chi connectivity index (χ2n) is 4.80. The fraction of sp³-hybridized carbons (Fsp3) is 0.308. The zero-order valence-electron chi connectivity index (χ0n) is 12.0. The fourth-order valence-electron chi connectivity index (χ4n) is 1.90. The summed E-state index contributed by atoms with van der Waals surface area (Å²) in [5.74, 6) is -0.636. The zero-order chi connectivity index (χ0) is 17.3. The van der Waals surface area contributed by atoms with Gasteiger partial charge in [-0.3, -0.25) is 0 Å². The quantitative estimate of drug-likeness (QED) is 0.778. The molecule has 2 aromatic rings. The third kappa shape index (κ3) is 4.29. The van der Waals surface area contributed by atoms with Crippen molar-refractivity contribution in [3.63, 3.8) is 0 Å². The van der Waals surface area contributed by atoms with E-state index in [-0.39, 0.29) is 17.3 Å². The van der Waals surface area contributed by atoms with Gasteiger partial charge in [0.25, 0.3) is 0 Å². The molecule has 1 heterocycles. The molecule has 0 atom stereocenters. The lowest BCUT2D eigenvalue weighted by Gasteiger charge is -2.18. The molecule has 0 amide bonds. The van der Waals surface area contributed by atoms with Gasteiger partial charge in [-0.2, -0.15) is 17.5 Å². The molecule has 0 saturated carbocycles. The van der Waals surface area contributed by atoms with Crippen molar-refractivity contribution in [2.75, 3.05) is 7.05 Å². The molecule has 0 N–H and O–H groups in total. The molecule has 0 unspecified atom stereocenters. The Bertz CT molecular complexity index is 769. The molecule has 1 aromatic heterocycles. The van der Waals surface area contributed by atoms with Crippen LogP contribution in [0.25, 0.3) is 0 Å². The Labute approximate surface area is 130 Å². The molecule has 1 aromatic carbocycles. The fourth-order valence-corrected chi connectivity index (χ4v) is 3.02. The highest BCUT2D eigenvalue weighted by molar-refractivity contribution is 7.89. The summed E-state index contributed by atoms with van der Waals surface area (Å²) in [4.78, 5) is 3.60. The van der Waals surface area contributed by atoms with Gasteiger partial charge >= 0.3 is 6.18 Å². The summed E-state index contributed by atoms with van der Waals surface area (Å²) in [6.45, 7) is -1.60. The smallest absolute Gasteiger partial charge is 0.325 e. The summed E-state index contributed by atoms with van der Waals surface area (Å²) < 4.78 is 76.5. The molecule has 0 saturated heterocycles. The van der Waals surface area contributed by atoms with Crippen molar-refractivity contribution in [1.29, 1.82) is 0 Å². The molecule has 10 heteroatoms. The largest absolute Gasteiger partial charge is 0.406 e. The van der Waals surface area contributed by atoms with E-state index < -0.39 is 28.6 Å². The molecular formula is C13H13F4N3O2S. The third-order valence-corrected chi connectivity index (χ3v) is 4.85. The van der Waals surface area contributed by atoms with E-state index in [2.05, 4.69) is 4.98 Å². The zero-order valence-corrected chi connectivity index (χ0v) is 12.8. The molecule has 0 spiro atoms. The van der Waals surface area contributed by atoms with Crippen molar-refractivity contribution in [3.8, 4) is 0 Å². The highest BCUT2D eigenvalue weighted by atomic mass is 32.2. The topological polar surface area (TPSA) is 55.2 Å². The minimum atomic E-state index is -4.44. The molecule has 0 fully saturated rings. The number of rotatable bonds is 5. The summed E-state index contributed by atoms with van der Waals surface area (Å²) >= 11 is 0. The van der Waals surface area contributed by atoms with E-state index in [1.165, 1.54) is 13.2 Å². The number of halogens is 4. The number of sulfonamides is 1. The molecule has 23 heavy (non-hydrogen) atoms. The van der Waals surface area contributed by atoms with Gasteiger partial charge in [0, 0.05) is 19.4 Å². The van der Waals surface area contributed by atoms with Crippen molar-refractivity contribution in [2.45, 2.75) is 24.2 Å². The van der Waals surface area contributed by atoms with Gasteiger partial charge in [-0.25, -0.2) is 17.8 Å². The Kier molecular flexibility index (Phi) is 4.76. The predicted octanol–water partition coefficient (Wildman–Crippen LogP) is 2.41. The van der Waals surface area contributed by atoms with Crippen LogP contribution in [0.5, 0.6) is 0 Å². The number of aromatic nitrogens is 2. The van der Waals surface area contributed by atoms with E-state index in [1.807, 2.05) is 0 Å². The van der Waals surface area contributed by atoms with Crippen molar-refractivity contribution < 1.29 is 26.0 Å². The van der Waals surface area contributed by atoms with E-state index in [1.54, 1.807) is 0 Å². The molecule has 126 valence electrons. The standard InChI is InChI=1S/C13H13F4N3O2S/c1-19(23(21,22)11-4-2-10(14)3-5-11)8-12-18-6-7-20(12)9-13(15,16)17/h2-7H,8-9H2,1H3. The Morgan fingerprint density at radius 3 is 2.39 bits per heavy atom. The molecule has 0 aliphatic heterocycles. The first-order valence-corrected chi connectivity index (χ1v) is 7.82. The van der Waals surface area contributed by atoms with E-state index in [0.717, 1.165) is 39.3 Å². The van der Waals surface area contributed by atoms with Gasteiger partial charge in [0.05, 0.1) is 11.4 Å². The minimum absolute atomic E-state index is 0.0458. The summed E-state index contributed by atoms with van der Waals surface area (Å²) in [7, 11) is -2.75. The average molecular weight is 351 g/mol. The maximum atomic E-state index is 12.9. The molecular weight excluding hydrogens is 338 g/mol. The maximum Gasteiger partial charge on any atom is 0.406 e. The number of benzene rings is 1. The summed E-state index contributed by atoms with van der Waals surface area (Å²) in [6.07, 6.45) is -2.15. The van der Waals surface area contributed by atoms with Crippen LogP contribution in [0.3, 0.4) is 0 Å². The highest BCUT2D eigenvalue weighted by Crippen LogP contribution is 2.20. The van der Waals surface area contributed by atoms with Crippen molar-refractivity contribution >= 4 is 10.0 Å². The minimum Gasteiger partial charge on any atom is -0.325 e. The van der Waals surface area contributed by atoms with Crippen molar-refractivity contribution in [3.05, 3.63) is 48.3 Å². The van der Waals surface area contributed by atoms with Crippen LogP contribution >= 0.6 is 0 Å². The van der Waals surface area contributed by atoms with Gasteiger partial charge in [-0.1, -0.05) is 0 Å². The molecule has 0 aliphatic rings. The van der Waals surface area contributed by atoms with Crippen molar-refractivity contribution in [1.82, 2.24) is 13.9 Å². The van der Waals surface area contributed by atoms with Crippen LogP contribution in [-0.4, -0.2) is 35.5 Å². The van der Waals surface area contributed by atoms with Gasteiger partial charge in [0.1, 0.15) is 18.2 Å². The van der Waals surface area contributed by atoms with Crippen molar-refractivity contribution in [2.24, 2.45) is 0 Å². The van der Waals surface area contributed by atoms with Gasteiger partial charge in [0.2, 0.25) is 10.0 Å². The molecule has 2 rings (SSSR count). The van der Waals surface area contributed by atoms with Crippen LogP contribution in [0.2, 0.25) is 0 Å². The first kappa shape index (κ1) is 17.4. The first-order chi connectivity index (χ1) is 10.6. The second-order valence-corrected chi connectivity index (χ2v) is 6.85. The van der Waals surface area contributed by atoms with E-state index >= 15 is 0 Å². The Morgan fingerprint density at radius 1 is 1.22 bits per heavy atom. The normalized spacial score (nSPS) is 12.8. The van der Waals surface area contributed by atoms with Crippen LogP contribution in [0.15, 0.2) is 41.6 Å². The Morgan fingerprint density at radius 2 is 1.83 bits per heavy atom. The molecule has 0 radical (unpaired) electrons. The van der Waals surface area contributed by atoms with Gasteiger partial charge in [0.15, 0.2) is 0 Å². The van der Waals surface area contributed by atoms with Gasteiger partial charge < -0.3 is 4.57 Å². The van der Waals surface area contributed by atoms with E-state index in [4.69, 9.17) is 0 Å². The predicted molar refractivity (Wildman–Crippen MR) is 73.3 cm³/mol. The number of hydrogen-bond acceptors (Lipinski definition) is 3. The highest BCUT2D eigenvalue weighted by Gasteiger charge is 2.30. The van der Waals surface area contributed by atoms with Crippen LogP contribution in [0.1, 0.15) is 5.82 Å².